The van der Waals surface area contributed by atoms with Crippen molar-refractivity contribution in [2.24, 2.45) is 0 Å². The second-order valence-corrected chi connectivity index (χ2v) is 3.49. The Kier molecular flexibility index (Phi) is 2.12. The summed E-state index contributed by atoms with van der Waals surface area (Å²) in [5.41, 5.74) is 1.40. The summed E-state index contributed by atoms with van der Waals surface area (Å²) in [6.45, 7) is 0.299. The van der Waals surface area contributed by atoms with E-state index >= 15 is 0 Å². The number of fused-ring (bicyclic) bond motifs is 1. The number of hydrogen-bond donors (Lipinski definition) is 1. The molecule has 1 aromatic rings. The standard InChI is InChI=1S/C9H8ClF2N/c10-5-1-2-8-6(3-5)7(4-13-8)9(11)12/h1-3,7,9,13H,4H2. The Morgan fingerprint density at radius 1 is 1.46 bits per heavy atom. The zero-order valence-corrected chi connectivity index (χ0v) is 7.48. The summed E-state index contributed by atoms with van der Waals surface area (Å²) in [5, 5.41) is 3.43. The first-order chi connectivity index (χ1) is 6.18. The molecule has 1 aliphatic rings. The molecule has 0 saturated carbocycles. The molecule has 0 fully saturated rings. The smallest absolute Gasteiger partial charge is 0.247 e. The SMILES string of the molecule is FC(F)C1CNc2ccc(Cl)cc21. The molecule has 1 N–H and O–H groups in total. The highest BCUT2D eigenvalue weighted by molar-refractivity contribution is 6.30. The highest BCUT2D eigenvalue weighted by atomic mass is 35.5. The Hall–Kier alpha value is -0.830. The molecule has 0 bridgehead atoms. The fourth-order valence-corrected chi connectivity index (χ4v) is 1.74. The van der Waals surface area contributed by atoms with E-state index in [1.54, 1.807) is 18.2 Å². The van der Waals surface area contributed by atoms with Gasteiger partial charge in [-0.15, -0.1) is 0 Å². The number of rotatable bonds is 1. The minimum absolute atomic E-state index is 0.299. The maximum Gasteiger partial charge on any atom is 0.247 e. The van der Waals surface area contributed by atoms with Crippen LogP contribution in [0.4, 0.5) is 14.5 Å². The molecule has 2 rings (SSSR count). The fraction of sp³-hybridized carbons (Fsp3) is 0.333. The van der Waals surface area contributed by atoms with Crippen LogP contribution in [-0.2, 0) is 0 Å². The third-order valence-electron chi connectivity index (χ3n) is 2.23. The van der Waals surface area contributed by atoms with E-state index in [0.717, 1.165) is 5.69 Å². The summed E-state index contributed by atoms with van der Waals surface area (Å²) < 4.78 is 24.9. The molecular formula is C9H8ClF2N. The van der Waals surface area contributed by atoms with Crippen molar-refractivity contribution in [2.45, 2.75) is 12.3 Å². The monoisotopic (exact) mass is 203 g/mol. The Labute approximate surface area is 79.7 Å². The lowest BCUT2D eigenvalue weighted by molar-refractivity contribution is 0.121. The number of benzene rings is 1. The van der Waals surface area contributed by atoms with E-state index in [4.69, 9.17) is 11.6 Å². The summed E-state index contributed by atoms with van der Waals surface area (Å²) in [7, 11) is 0. The molecule has 0 aromatic heterocycles. The molecule has 1 heterocycles. The average Bonchev–Trinajstić information content (AvgIpc) is 2.46. The molecule has 4 heteroatoms. The van der Waals surface area contributed by atoms with E-state index in [-0.39, 0.29) is 0 Å². The number of halogens is 3. The van der Waals surface area contributed by atoms with Crippen molar-refractivity contribution in [3.8, 4) is 0 Å². The van der Waals surface area contributed by atoms with E-state index < -0.39 is 12.3 Å². The van der Waals surface area contributed by atoms with Gasteiger partial charge in [-0.3, -0.25) is 0 Å². The topological polar surface area (TPSA) is 12.0 Å². The number of hydrogen-bond acceptors (Lipinski definition) is 1. The molecule has 1 nitrogen and oxygen atoms in total. The van der Waals surface area contributed by atoms with Crippen LogP contribution >= 0.6 is 11.6 Å². The molecule has 0 spiro atoms. The van der Waals surface area contributed by atoms with Gasteiger partial charge in [-0.05, 0) is 23.8 Å². The predicted molar refractivity (Wildman–Crippen MR) is 48.7 cm³/mol. The molecule has 70 valence electrons. The van der Waals surface area contributed by atoms with Crippen LogP contribution < -0.4 is 5.32 Å². The van der Waals surface area contributed by atoms with Crippen molar-refractivity contribution in [1.29, 1.82) is 0 Å². The van der Waals surface area contributed by atoms with Crippen LogP contribution in [0.5, 0.6) is 0 Å². The van der Waals surface area contributed by atoms with Crippen LogP contribution in [0.15, 0.2) is 18.2 Å². The van der Waals surface area contributed by atoms with Gasteiger partial charge < -0.3 is 5.32 Å². The van der Waals surface area contributed by atoms with Crippen LogP contribution in [0.3, 0.4) is 0 Å². The second kappa shape index (κ2) is 3.14. The van der Waals surface area contributed by atoms with Crippen molar-refractivity contribution >= 4 is 17.3 Å². The number of nitrogens with one attached hydrogen (secondary N) is 1. The first-order valence-electron chi connectivity index (χ1n) is 4.00. The molecular weight excluding hydrogens is 196 g/mol. The Morgan fingerprint density at radius 2 is 2.23 bits per heavy atom. The van der Waals surface area contributed by atoms with Crippen molar-refractivity contribution in [1.82, 2.24) is 0 Å². The highest BCUT2D eigenvalue weighted by Crippen LogP contribution is 2.36. The highest BCUT2D eigenvalue weighted by Gasteiger charge is 2.29. The van der Waals surface area contributed by atoms with Crippen LogP contribution in [0.1, 0.15) is 11.5 Å². The van der Waals surface area contributed by atoms with Crippen LogP contribution in [0.2, 0.25) is 5.02 Å². The predicted octanol–water partition coefficient (Wildman–Crippen LogP) is 3.11. The summed E-state index contributed by atoms with van der Waals surface area (Å²) in [6, 6.07) is 5.04. The van der Waals surface area contributed by atoms with Crippen LogP contribution in [0, 0.1) is 0 Å². The summed E-state index contributed by atoms with van der Waals surface area (Å²) in [6.07, 6.45) is -2.33. The molecule has 0 aliphatic carbocycles. The maximum atomic E-state index is 12.5. The molecule has 0 saturated heterocycles. The van der Waals surface area contributed by atoms with Gasteiger partial charge in [-0.1, -0.05) is 11.6 Å². The zero-order chi connectivity index (χ0) is 9.42. The van der Waals surface area contributed by atoms with Crippen molar-refractivity contribution in [2.75, 3.05) is 11.9 Å². The summed E-state index contributed by atoms with van der Waals surface area (Å²) in [4.78, 5) is 0. The largest absolute Gasteiger partial charge is 0.384 e. The molecule has 1 unspecified atom stereocenters. The molecule has 13 heavy (non-hydrogen) atoms. The quantitative estimate of drug-likeness (QED) is 0.740. The van der Waals surface area contributed by atoms with Crippen molar-refractivity contribution in [3.05, 3.63) is 28.8 Å². The Bertz CT molecular complexity index is 327. The van der Waals surface area contributed by atoms with Crippen molar-refractivity contribution < 1.29 is 8.78 Å². The van der Waals surface area contributed by atoms with Crippen LogP contribution in [0.25, 0.3) is 0 Å². The van der Waals surface area contributed by atoms with Gasteiger partial charge in [0.15, 0.2) is 0 Å². The Balaban J connectivity index is 2.40. The van der Waals surface area contributed by atoms with Gasteiger partial charge in [0, 0.05) is 17.3 Å². The summed E-state index contributed by atoms with van der Waals surface area (Å²) >= 11 is 5.72. The zero-order valence-electron chi connectivity index (χ0n) is 6.73. The summed E-state index contributed by atoms with van der Waals surface area (Å²) in [5.74, 6) is -0.714. The number of alkyl halides is 2. The lowest BCUT2D eigenvalue weighted by Crippen LogP contribution is -2.10. The van der Waals surface area contributed by atoms with Crippen LogP contribution in [-0.4, -0.2) is 13.0 Å². The molecule has 0 amide bonds. The van der Waals surface area contributed by atoms with E-state index in [9.17, 15) is 8.78 Å². The first-order valence-corrected chi connectivity index (χ1v) is 4.38. The maximum absolute atomic E-state index is 12.5. The van der Waals surface area contributed by atoms with E-state index in [2.05, 4.69) is 5.32 Å². The molecule has 0 radical (unpaired) electrons. The third kappa shape index (κ3) is 1.48. The van der Waals surface area contributed by atoms with E-state index in [1.807, 2.05) is 0 Å². The lowest BCUT2D eigenvalue weighted by atomic mass is 10.0. The average molecular weight is 204 g/mol. The molecule has 1 atom stereocenters. The number of anilines is 1. The third-order valence-corrected chi connectivity index (χ3v) is 2.46. The van der Waals surface area contributed by atoms with Gasteiger partial charge in [-0.2, -0.15) is 0 Å². The molecule has 1 aromatic carbocycles. The van der Waals surface area contributed by atoms with Gasteiger partial charge in [0.1, 0.15) is 0 Å². The van der Waals surface area contributed by atoms with E-state index in [0.29, 0.717) is 17.1 Å². The second-order valence-electron chi connectivity index (χ2n) is 3.05. The van der Waals surface area contributed by atoms with Crippen molar-refractivity contribution in [3.63, 3.8) is 0 Å². The van der Waals surface area contributed by atoms with Gasteiger partial charge in [0.2, 0.25) is 6.43 Å². The van der Waals surface area contributed by atoms with Gasteiger partial charge >= 0.3 is 0 Å². The van der Waals surface area contributed by atoms with E-state index in [1.165, 1.54) is 0 Å². The molecule has 1 aliphatic heterocycles. The van der Waals surface area contributed by atoms with Gasteiger partial charge in [0.05, 0.1) is 5.92 Å². The van der Waals surface area contributed by atoms with Gasteiger partial charge in [0.25, 0.3) is 0 Å². The fourth-order valence-electron chi connectivity index (χ4n) is 1.56. The van der Waals surface area contributed by atoms with Gasteiger partial charge in [-0.25, -0.2) is 8.78 Å². The minimum atomic E-state index is -2.33. The Morgan fingerprint density at radius 3 is 2.92 bits per heavy atom. The first kappa shape index (κ1) is 8.75. The lowest BCUT2D eigenvalue weighted by Gasteiger charge is -2.07. The normalized spacial score (nSPS) is 20.2. The minimum Gasteiger partial charge on any atom is -0.384 e.